The topological polar surface area (TPSA) is 70.1 Å². The van der Waals surface area contributed by atoms with Crippen molar-refractivity contribution in [2.75, 3.05) is 34.4 Å². The minimum atomic E-state index is -5.08. The molecule has 0 radical (unpaired) electrons. The van der Waals surface area contributed by atoms with E-state index in [4.69, 9.17) is 14.6 Å². The molecule has 6 nitrogen and oxygen atoms in total. The maximum atomic E-state index is 12.4. The predicted octanol–water partition coefficient (Wildman–Crippen LogP) is 2.43. The summed E-state index contributed by atoms with van der Waals surface area (Å²) in [6.45, 7) is 1.35. The van der Waals surface area contributed by atoms with Crippen LogP contribution in [0.4, 0.5) is 13.2 Å². The van der Waals surface area contributed by atoms with Gasteiger partial charge in [-0.1, -0.05) is 30.3 Å². The number of hydrogen-bond donors (Lipinski definition) is 1. The second-order valence-electron chi connectivity index (χ2n) is 6.71. The highest BCUT2D eigenvalue weighted by atomic mass is 19.4. The van der Waals surface area contributed by atoms with Gasteiger partial charge in [0.25, 0.3) is 0 Å². The molecule has 0 unspecified atom stereocenters. The molecular formula is C19H27F3N2O4. The molecule has 1 saturated heterocycles. The van der Waals surface area contributed by atoms with Crippen LogP contribution in [0.15, 0.2) is 30.3 Å². The summed E-state index contributed by atoms with van der Waals surface area (Å²) < 4.78 is 36.8. The Bertz CT molecular complexity index is 623. The molecule has 1 amide bonds. The van der Waals surface area contributed by atoms with Crippen LogP contribution in [-0.2, 0) is 20.7 Å². The smallest absolute Gasteiger partial charge is 0.475 e. The minimum absolute atomic E-state index is 0.210. The van der Waals surface area contributed by atoms with Crippen molar-refractivity contribution in [2.24, 2.45) is 0 Å². The van der Waals surface area contributed by atoms with Crippen molar-refractivity contribution in [2.45, 2.75) is 37.5 Å². The molecule has 28 heavy (non-hydrogen) atoms. The molecule has 1 heterocycles. The lowest BCUT2D eigenvalue weighted by Crippen LogP contribution is -2.45. The monoisotopic (exact) mass is 404 g/mol. The summed E-state index contributed by atoms with van der Waals surface area (Å²) in [5.41, 5.74) is 1.29. The second kappa shape index (κ2) is 11.0. The van der Waals surface area contributed by atoms with Crippen LogP contribution in [0.25, 0.3) is 0 Å². The molecule has 1 aromatic rings. The highest BCUT2D eigenvalue weighted by molar-refractivity contribution is 5.77. The number of nitrogens with zero attached hydrogens (tertiary/aromatic N) is 2. The molecule has 0 saturated carbocycles. The van der Waals surface area contributed by atoms with Crippen LogP contribution < -0.4 is 0 Å². The van der Waals surface area contributed by atoms with Crippen molar-refractivity contribution in [3.05, 3.63) is 35.9 Å². The fourth-order valence-corrected chi connectivity index (χ4v) is 3.18. The number of amides is 1. The van der Waals surface area contributed by atoms with Crippen molar-refractivity contribution in [1.82, 2.24) is 9.80 Å². The van der Waals surface area contributed by atoms with Crippen molar-refractivity contribution < 1.29 is 32.6 Å². The normalized spacial score (nSPS) is 19.3. The van der Waals surface area contributed by atoms with Crippen molar-refractivity contribution in [3.8, 4) is 0 Å². The maximum absolute atomic E-state index is 12.4. The summed E-state index contributed by atoms with van der Waals surface area (Å²) in [5.74, 6) is -2.55. The zero-order valence-corrected chi connectivity index (χ0v) is 16.3. The third-order valence-corrected chi connectivity index (χ3v) is 4.54. The summed E-state index contributed by atoms with van der Waals surface area (Å²) >= 11 is 0. The summed E-state index contributed by atoms with van der Waals surface area (Å²) in [6, 6.07) is 11.1. The molecule has 1 aliphatic rings. The van der Waals surface area contributed by atoms with Gasteiger partial charge in [-0.15, -0.1) is 0 Å². The number of rotatable bonds is 6. The van der Waals surface area contributed by atoms with Crippen LogP contribution in [0, 0.1) is 0 Å². The van der Waals surface area contributed by atoms with Crippen LogP contribution in [0.2, 0.25) is 0 Å². The quantitative estimate of drug-likeness (QED) is 0.789. The van der Waals surface area contributed by atoms with Gasteiger partial charge < -0.3 is 19.6 Å². The fraction of sp³-hybridized carbons (Fsp3) is 0.579. The Balaban J connectivity index is 0.000000480. The Morgan fingerprint density at radius 2 is 1.82 bits per heavy atom. The molecule has 0 bridgehead atoms. The number of carboxylic acids is 1. The number of likely N-dealkylation sites (tertiary alicyclic amines) is 1. The second-order valence-corrected chi connectivity index (χ2v) is 6.71. The molecule has 1 aromatic carbocycles. The third-order valence-electron chi connectivity index (χ3n) is 4.54. The molecule has 9 heteroatoms. The van der Waals surface area contributed by atoms with E-state index in [9.17, 15) is 18.0 Å². The van der Waals surface area contributed by atoms with Gasteiger partial charge in [0.1, 0.15) is 0 Å². The van der Waals surface area contributed by atoms with Crippen LogP contribution >= 0.6 is 0 Å². The lowest BCUT2D eigenvalue weighted by atomic mass is 9.99. The van der Waals surface area contributed by atoms with E-state index in [1.54, 1.807) is 7.11 Å². The molecule has 0 spiro atoms. The number of hydrogen-bond acceptors (Lipinski definition) is 4. The summed E-state index contributed by atoms with van der Waals surface area (Å²) in [5, 5.41) is 7.12. The van der Waals surface area contributed by atoms with Gasteiger partial charge in [0.05, 0.1) is 19.1 Å². The van der Waals surface area contributed by atoms with E-state index in [-0.39, 0.29) is 11.9 Å². The molecular weight excluding hydrogens is 377 g/mol. The first-order valence-electron chi connectivity index (χ1n) is 8.86. The third kappa shape index (κ3) is 7.47. The lowest BCUT2D eigenvalue weighted by molar-refractivity contribution is -0.192. The number of aliphatic carboxylic acids is 1. The number of benzene rings is 1. The number of likely N-dealkylation sites (N-methyl/N-ethyl adjacent to an activating group) is 1. The minimum Gasteiger partial charge on any atom is -0.475 e. The Morgan fingerprint density at radius 3 is 2.29 bits per heavy atom. The average molecular weight is 404 g/mol. The zero-order chi connectivity index (χ0) is 21.3. The van der Waals surface area contributed by atoms with Gasteiger partial charge in [0.2, 0.25) is 5.91 Å². The Morgan fingerprint density at radius 1 is 1.25 bits per heavy atom. The number of ether oxygens (including phenoxy) is 1. The number of halogens is 3. The van der Waals surface area contributed by atoms with E-state index in [1.165, 1.54) is 5.56 Å². The Labute approximate surface area is 162 Å². The highest BCUT2D eigenvalue weighted by Gasteiger charge is 2.38. The van der Waals surface area contributed by atoms with E-state index >= 15 is 0 Å². The van der Waals surface area contributed by atoms with Gasteiger partial charge in [0.15, 0.2) is 0 Å². The van der Waals surface area contributed by atoms with Crippen molar-refractivity contribution in [1.29, 1.82) is 0 Å². The Kier molecular flexibility index (Phi) is 9.40. The first-order chi connectivity index (χ1) is 13.1. The van der Waals surface area contributed by atoms with Gasteiger partial charge in [-0.25, -0.2) is 4.79 Å². The maximum Gasteiger partial charge on any atom is 0.490 e. The number of alkyl halides is 3. The number of carbonyl (C=O) groups excluding carboxylic acids is 1. The van der Waals surface area contributed by atoms with Crippen molar-refractivity contribution in [3.63, 3.8) is 0 Å². The molecule has 0 aliphatic carbocycles. The summed E-state index contributed by atoms with van der Waals surface area (Å²) in [4.78, 5) is 25.6. The van der Waals surface area contributed by atoms with Crippen LogP contribution in [0.3, 0.4) is 0 Å². The lowest BCUT2D eigenvalue weighted by Gasteiger charge is -2.31. The van der Waals surface area contributed by atoms with Crippen LogP contribution in [0.1, 0.15) is 18.4 Å². The SMILES string of the molecule is COCCC(=O)N1CC[C@@H](N(C)C)[C@@H]1Cc1ccccc1.O=C(O)C(F)(F)F. The van der Waals surface area contributed by atoms with E-state index in [1.807, 2.05) is 6.07 Å². The Hall–Kier alpha value is -2.13. The van der Waals surface area contributed by atoms with Gasteiger partial charge in [0, 0.05) is 19.7 Å². The average Bonchev–Trinajstić information content (AvgIpc) is 3.04. The first-order valence-corrected chi connectivity index (χ1v) is 8.86. The molecule has 1 aliphatic heterocycles. The van der Waals surface area contributed by atoms with Gasteiger partial charge in [-0.05, 0) is 32.5 Å². The molecule has 1 N–H and O–H groups in total. The number of methoxy groups -OCH3 is 1. The van der Waals surface area contributed by atoms with Crippen LogP contribution in [0.5, 0.6) is 0 Å². The predicted molar refractivity (Wildman–Crippen MR) is 97.9 cm³/mol. The molecule has 2 rings (SSSR count). The molecule has 0 aromatic heterocycles. The van der Waals surface area contributed by atoms with Crippen molar-refractivity contribution >= 4 is 11.9 Å². The summed E-state index contributed by atoms with van der Waals surface area (Å²) in [6.07, 6.45) is -2.65. The first kappa shape index (κ1) is 23.9. The molecule has 158 valence electrons. The standard InChI is InChI=1S/C17H26N2O2.C2HF3O2/c1-18(2)15-9-11-19(17(20)10-12-21-3)16(15)13-14-7-5-4-6-8-14;3-2(4,5)1(6)7/h4-8,15-16H,9-13H2,1-3H3;(H,6,7)/t15-,16+;/m1./s1. The highest BCUT2D eigenvalue weighted by Crippen LogP contribution is 2.25. The van der Waals surface area contributed by atoms with Gasteiger partial charge in [-0.2, -0.15) is 13.2 Å². The van der Waals surface area contributed by atoms with Gasteiger partial charge in [-0.3, -0.25) is 4.79 Å². The van der Waals surface area contributed by atoms with E-state index < -0.39 is 12.1 Å². The van der Waals surface area contributed by atoms with E-state index in [0.717, 1.165) is 19.4 Å². The van der Waals surface area contributed by atoms with Crippen LogP contribution in [-0.4, -0.2) is 79.4 Å². The largest absolute Gasteiger partial charge is 0.490 e. The number of carbonyl (C=O) groups is 2. The van der Waals surface area contributed by atoms with E-state index in [0.29, 0.717) is 19.1 Å². The number of carboxylic acid groups (broad SMARTS) is 1. The summed E-state index contributed by atoms with van der Waals surface area (Å²) in [7, 11) is 5.85. The zero-order valence-electron chi connectivity index (χ0n) is 16.3. The van der Waals surface area contributed by atoms with Gasteiger partial charge >= 0.3 is 12.1 Å². The molecule has 1 fully saturated rings. The van der Waals surface area contributed by atoms with E-state index in [2.05, 4.69) is 48.2 Å². The molecule has 2 atom stereocenters. The fourth-order valence-electron chi connectivity index (χ4n) is 3.18.